The molecule has 10 nitrogen and oxygen atoms in total. The summed E-state index contributed by atoms with van der Waals surface area (Å²) in [7, 11) is 0. The Morgan fingerprint density at radius 3 is 2.64 bits per heavy atom. The van der Waals surface area contributed by atoms with Crippen molar-refractivity contribution in [3.05, 3.63) is 35.8 Å². The van der Waals surface area contributed by atoms with E-state index < -0.39 is 41.2 Å². The van der Waals surface area contributed by atoms with Crippen LogP contribution in [0.3, 0.4) is 0 Å². The van der Waals surface area contributed by atoms with E-state index in [1.807, 2.05) is 18.3 Å². The predicted octanol–water partition coefficient (Wildman–Crippen LogP) is 3.44. The van der Waals surface area contributed by atoms with Crippen molar-refractivity contribution in [1.82, 2.24) is 0 Å². The minimum atomic E-state index is -1.10. The summed E-state index contributed by atoms with van der Waals surface area (Å²) >= 11 is 0. The lowest BCUT2D eigenvalue weighted by Gasteiger charge is -2.66. The van der Waals surface area contributed by atoms with E-state index in [0.29, 0.717) is 51.7 Å². The Labute approximate surface area is 258 Å². The SMILES string of the molecule is C[C@@H]1O[C@H](O[C@@H]2CC[C@]3(C=NCc4ccco4)[C@H]4CC[C@]5(C)[C@H](C6=CC(=O)OC6)CC[C@]5(O)[C@@H]4CC[C@]3(O)C2)C[C@H](O)[C@@H]1O. The maximum absolute atomic E-state index is 12.7. The standard InChI is InChI=1S/C34H47NO9/c1-20-30(38)27(36)15-29(43-20)44-22-5-10-32(19-35-17-23-4-3-13-41-23)25-6-9-31(2)24(21-14-28(37)42-18-21)8-12-34(31,40)26(25)7-11-33(32,39)16-22/h3-4,13-14,19-20,22,24-27,29-30,36,38-40H,5-12,15-18H2,1-2H3/t20-,22+,24-,25-,26+,27-,29+,30+,31+,32-,33-,34-/m0/s1. The second-order valence-corrected chi connectivity index (χ2v) is 14.7. The average molecular weight is 614 g/mol. The van der Waals surface area contributed by atoms with E-state index in [4.69, 9.17) is 23.6 Å². The van der Waals surface area contributed by atoms with Crippen LogP contribution in [0.2, 0.25) is 0 Å². The van der Waals surface area contributed by atoms with Crippen LogP contribution >= 0.6 is 0 Å². The summed E-state index contributed by atoms with van der Waals surface area (Å²) in [5.74, 6) is 0.569. The van der Waals surface area contributed by atoms with Crippen molar-refractivity contribution in [3.63, 3.8) is 0 Å². The lowest BCUT2D eigenvalue weighted by atomic mass is 9.41. The quantitative estimate of drug-likeness (QED) is 0.215. The minimum Gasteiger partial charge on any atom is -0.467 e. The third-order valence-corrected chi connectivity index (χ3v) is 12.8. The molecule has 10 heteroatoms. The van der Waals surface area contributed by atoms with E-state index in [-0.39, 0.29) is 41.7 Å². The summed E-state index contributed by atoms with van der Waals surface area (Å²) in [6.45, 7) is 4.61. The molecule has 0 radical (unpaired) electrons. The Bertz CT molecular complexity index is 1290. The molecule has 3 heterocycles. The van der Waals surface area contributed by atoms with Crippen molar-refractivity contribution in [2.24, 2.45) is 33.6 Å². The van der Waals surface area contributed by atoms with Gasteiger partial charge in [-0.3, -0.25) is 4.99 Å². The van der Waals surface area contributed by atoms with Gasteiger partial charge >= 0.3 is 5.97 Å². The molecule has 2 aliphatic heterocycles. The van der Waals surface area contributed by atoms with Crippen LogP contribution < -0.4 is 0 Å². The number of esters is 1. The van der Waals surface area contributed by atoms with E-state index in [2.05, 4.69) is 6.92 Å². The number of fused-ring (bicyclic) bond motifs is 5. The fraction of sp³-hybridized carbons (Fsp3) is 0.765. The van der Waals surface area contributed by atoms with Crippen LogP contribution in [0.15, 0.2) is 39.5 Å². The third kappa shape index (κ3) is 4.66. The zero-order valence-electron chi connectivity index (χ0n) is 25.8. The molecule has 0 spiro atoms. The molecule has 7 rings (SSSR count). The lowest BCUT2D eigenvalue weighted by molar-refractivity contribution is -0.282. The third-order valence-electron chi connectivity index (χ3n) is 12.8. The number of hydrogen-bond acceptors (Lipinski definition) is 10. The first-order chi connectivity index (χ1) is 21.0. The highest BCUT2D eigenvalue weighted by Gasteiger charge is 2.71. The van der Waals surface area contributed by atoms with Crippen LogP contribution in [0.25, 0.3) is 0 Å². The summed E-state index contributed by atoms with van der Waals surface area (Å²) in [5.41, 5.74) is -2.05. The summed E-state index contributed by atoms with van der Waals surface area (Å²) in [5, 5.41) is 45.8. The molecule has 0 amide bonds. The van der Waals surface area contributed by atoms with Crippen LogP contribution in [-0.4, -0.2) is 81.1 Å². The molecular formula is C34H47NO9. The summed E-state index contributed by atoms with van der Waals surface area (Å²) in [6.07, 6.45) is 8.14. The molecule has 5 fully saturated rings. The molecule has 12 atom stereocenters. The van der Waals surface area contributed by atoms with E-state index in [0.717, 1.165) is 30.6 Å². The maximum atomic E-state index is 12.7. The van der Waals surface area contributed by atoms with E-state index in [1.165, 1.54) is 0 Å². The van der Waals surface area contributed by atoms with Gasteiger partial charge in [-0.05, 0) is 93.7 Å². The fourth-order valence-electron chi connectivity index (χ4n) is 10.5. The van der Waals surface area contributed by atoms with Gasteiger partial charge in [0.05, 0.1) is 42.3 Å². The number of aliphatic hydroxyl groups is 4. The van der Waals surface area contributed by atoms with Gasteiger partial charge in [0.15, 0.2) is 6.29 Å². The van der Waals surface area contributed by atoms with Crippen LogP contribution in [0.4, 0.5) is 0 Å². The molecule has 4 aliphatic carbocycles. The van der Waals surface area contributed by atoms with Gasteiger partial charge in [-0.1, -0.05) is 6.92 Å². The summed E-state index contributed by atoms with van der Waals surface area (Å²) in [4.78, 5) is 16.8. The molecule has 6 aliphatic rings. The Morgan fingerprint density at radius 2 is 1.91 bits per heavy atom. The number of furan rings is 1. The Balaban J connectivity index is 1.17. The monoisotopic (exact) mass is 613 g/mol. The summed E-state index contributed by atoms with van der Waals surface area (Å²) < 4.78 is 23.0. The van der Waals surface area contributed by atoms with Crippen molar-refractivity contribution in [3.8, 4) is 0 Å². The number of hydrogen-bond donors (Lipinski definition) is 4. The molecule has 0 unspecified atom stereocenters. The minimum absolute atomic E-state index is 0.0168. The second-order valence-electron chi connectivity index (χ2n) is 14.7. The number of aliphatic imine (C=N–C) groups is 1. The zero-order chi connectivity index (χ0) is 30.9. The highest BCUT2D eigenvalue weighted by atomic mass is 16.7. The zero-order valence-corrected chi connectivity index (χ0v) is 25.8. The van der Waals surface area contributed by atoms with Gasteiger partial charge in [0, 0.05) is 36.0 Å². The van der Waals surface area contributed by atoms with Crippen LogP contribution in [0, 0.1) is 28.6 Å². The average Bonchev–Trinajstić information content (AvgIpc) is 3.71. The normalized spacial score (nSPS) is 48.9. The van der Waals surface area contributed by atoms with Gasteiger partial charge in [0.25, 0.3) is 0 Å². The Kier molecular flexibility index (Phi) is 7.66. The number of carbonyl (C=O) groups is 1. The first-order valence-electron chi connectivity index (χ1n) is 16.5. The molecule has 44 heavy (non-hydrogen) atoms. The molecular weight excluding hydrogens is 566 g/mol. The van der Waals surface area contributed by atoms with Crippen LogP contribution in [-0.2, 0) is 25.5 Å². The molecule has 1 saturated heterocycles. The van der Waals surface area contributed by atoms with E-state index >= 15 is 0 Å². The first-order valence-corrected chi connectivity index (χ1v) is 16.5. The number of aliphatic hydroxyl groups excluding tert-OH is 2. The molecule has 4 N–H and O–H groups in total. The van der Waals surface area contributed by atoms with E-state index in [9.17, 15) is 25.2 Å². The smallest absolute Gasteiger partial charge is 0.331 e. The number of cyclic esters (lactones) is 1. The second kappa shape index (κ2) is 11.0. The maximum Gasteiger partial charge on any atom is 0.331 e. The molecule has 1 aromatic heterocycles. The molecule has 0 bridgehead atoms. The van der Waals surface area contributed by atoms with Crippen LogP contribution in [0.1, 0.15) is 83.8 Å². The summed E-state index contributed by atoms with van der Waals surface area (Å²) in [6, 6.07) is 3.74. The fourth-order valence-corrected chi connectivity index (χ4v) is 10.5. The Morgan fingerprint density at radius 1 is 1.09 bits per heavy atom. The first kappa shape index (κ1) is 30.6. The molecule has 1 aromatic rings. The van der Waals surface area contributed by atoms with Gasteiger partial charge in [0.1, 0.15) is 18.5 Å². The van der Waals surface area contributed by atoms with Crippen molar-refractivity contribution in [2.75, 3.05) is 6.61 Å². The van der Waals surface area contributed by atoms with Crippen molar-refractivity contribution < 1.29 is 43.8 Å². The van der Waals surface area contributed by atoms with Gasteiger partial charge in [-0.15, -0.1) is 0 Å². The van der Waals surface area contributed by atoms with Gasteiger partial charge in [-0.25, -0.2) is 4.79 Å². The van der Waals surface area contributed by atoms with Gasteiger partial charge < -0.3 is 39.1 Å². The number of rotatable bonds is 6. The highest BCUT2D eigenvalue weighted by Crippen LogP contribution is 2.70. The van der Waals surface area contributed by atoms with Gasteiger partial charge in [-0.2, -0.15) is 0 Å². The molecule has 0 aromatic carbocycles. The van der Waals surface area contributed by atoms with Crippen LogP contribution in [0.5, 0.6) is 0 Å². The van der Waals surface area contributed by atoms with Crippen molar-refractivity contribution in [2.45, 2.75) is 127 Å². The van der Waals surface area contributed by atoms with Crippen molar-refractivity contribution in [1.29, 1.82) is 0 Å². The van der Waals surface area contributed by atoms with Gasteiger partial charge in [0.2, 0.25) is 0 Å². The predicted molar refractivity (Wildman–Crippen MR) is 158 cm³/mol. The van der Waals surface area contributed by atoms with E-state index in [1.54, 1.807) is 19.3 Å². The Hall–Kier alpha value is -2.08. The molecule has 242 valence electrons. The number of carbonyl (C=O) groups excluding carboxylic acids is 1. The molecule has 4 saturated carbocycles. The topological polar surface area (TPSA) is 151 Å². The van der Waals surface area contributed by atoms with Crippen molar-refractivity contribution >= 4 is 12.2 Å². The number of nitrogens with zero attached hydrogens (tertiary/aromatic N) is 1. The largest absolute Gasteiger partial charge is 0.467 e. The highest BCUT2D eigenvalue weighted by molar-refractivity contribution is 5.85. The lowest BCUT2D eigenvalue weighted by Crippen LogP contribution is -2.69. The number of ether oxygens (including phenoxy) is 3.